The Hall–Kier alpha value is -1.93. The zero-order valence-electron chi connectivity index (χ0n) is 13.2. The maximum absolute atomic E-state index is 12.3. The van der Waals surface area contributed by atoms with E-state index in [1.165, 1.54) is 4.31 Å². The largest absolute Gasteiger partial charge is 0.457 e. The van der Waals surface area contributed by atoms with Crippen LogP contribution in [0.25, 0.3) is 0 Å². The molecule has 0 bridgehead atoms. The molecule has 0 aliphatic carbocycles. The van der Waals surface area contributed by atoms with Gasteiger partial charge in [0.05, 0.1) is 13.2 Å². The maximum Gasteiger partial charge on any atom is 0.279 e. The summed E-state index contributed by atoms with van der Waals surface area (Å²) < 4.78 is 39.5. The predicted octanol–water partition coefficient (Wildman–Crippen LogP) is 2.15. The lowest BCUT2D eigenvalue weighted by atomic mass is 10.2. The number of nitrogens with one attached hydrogen (secondary N) is 1. The lowest BCUT2D eigenvalue weighted by Gasteiger charge is -2.26. The molecule has 1 heterocycles. The maximum atomic E-state index is 12.3. The molecule has 2 aromatic carbocycles. The van der Waals surface area contributed by atoms with Gasteiger partial charge < -0.3 is 9.47 Å². The molecule has 0 unspecified atom stereocenters. The van der Waals surface area contributed by atoms with Gasteiger partial charge in [-0.15, -0.1) is 0 Å². The van der Waals surface area contributed by atoms with Crippen LogP contribution in [-0.4, -0.2) is 39.0 Å². The summed E-state index contributed by atoms with van der Waals surface area (Å²) >= 11 is 0. The van der Waals surface area contributed by atoms with E-state index in [0.29, 0.717) is 32.1 Å². The van der Waals surface area contributed by atoms with E-state index in [1.807, 2.05) is 54.6 Å². The van der Waals surface area contributed by atoms with Gasteiger partial charge in [-0.25, -0.2) is 0 Å². The van der Waals surface area contributed by atoms with Crippen LogP contribution in [0.2, 0.25) is 0 Å². The molecule has 0 atom stereocenters. The highest BCUT2D eigenvalue weighted by atomic mass is 32.2. The molecule has 3 rings (SSSR count). The summed E-state index contributed by atoms with van der Waals surface area (Å²) in [6.45, 7) is 1.84. The van der Waals surface area contributed by atoms with Crippen LogP contribution in [0.5, 0.6) is 11.5 Å². The third kappa shape index (κ3) is 4.55. The smallest absolute Gasteiger partial charge is 0.279 e. The van der Waals surface area contributed by atoms with Gasteiger partial charge in [-0.05, 0) is 29.8 Å². The van der Waals surface area contributed by atoms with Crippen molar-refractivity contribution in [1.29, 1.82) is 0 Å². The van der Waals surface area contributed by atoms with Crippen molar-refractivity contribution in [2.24, 2.45) is 0 Å². The van der Waals surface area contributed by atoms with Crippen molar-refractivity contribution < 1.29 is 17.9 Å². The van der Waals surface area contributed by atoms with Gasteiger partial charge in [-0.2, -0.15) is 17.4 Å². The molecular formula is C17H20N2O4S. The van der Waals surface area contributed by atoms with Crippen LogP contribution in [0.15, 0.2) is 54.6 Å². The molecule has 7 heteroatoms. The summed E-state index contributed by atoms with van der Waals surface area (Å²) in [5.41, 5.74) is 0.834. The number of benzene rings is 2. The summed E-state index contributed by atoms with van der Waals surface area (Å²) in [6, 6.07) is 16.8. The van der Waals surface area contributed by atoms with E-state index in [2.05, 4.69) is 4.72 Å². The fourth-order valence-corrected chi connectivity index (χ4v) is 3.56. The van der Waals surface area contributed by atoms with E-state index >= 15 is 0 Å². The third-order valence-electron chi connectivity index (χ3n) is 3.65. The highest BCUT2D eigenvalue weighted by Gasteiger charge is 2.23. The topological polar surface area (TPSA) is 67.9 Å². The summed E-state index contributed by atoms with van der Waals surface area (Å²) in [5, 5.41) is 0. The standard InChI is InChI=1S/C17H20N2O4S/c20-24(21,19-9-11-22-12-10-19)18-14-15-5-4-8-17(13-15)23-16-6-2-1-3-7-16/h1-8,13,18H,9-12,14H2. The predicted molar refractivity (Wildman–Crippen MR) is 91.1 cm³/mol. The molecule has 6 nitrogen and oxygen atoms in total. The minimum atomic E-state index is -3.49. The molecule has 1 fully saturated rings. The Morgan fingerprint density at radius 3 is 2.46 bits per heavy atom. The van der Waals surface area contributed by atoms with E-state index in [1.54, 1.807) is 0 Å². The molecule has 1 aliphatic heterocycles. The Morgan fingerprint density at radius 1 is 1.00 bits per heavy atom. The monoisotopic (exact) mass is 348 g/mol. The Bertz CT molecular complexity index is 759. The lowest BCUT2D eigenvalue weighted by Crippen LogP contribution is -2.46. The van der Waals surface area contributed by atoms with Crippen molar-refractivity contribution in [3.63, 3.8) is 0 Å². The fraction of sp³-hybridized carbons (Fsp3) is 0.294. The van der Waals surface area contributed by atoms with Crippen molar-refractivity contribution in [2.75, 3.05) is 26.3 Å². The number of para-hydroxylation sites is 1. The van der Waals surface area contributed by atoms with Gasteiger partial charge in [0.2, 0.25) is 0 Å². The molecular weight excluding hydrogens is 328 g/mol. The summed E-state index contributed by atoms with van der Waals surface area (Å²) in [7, 11) is -3.49. The van der Waals surface area contributed by atoms with Crippen LogP contribution < -0.4 is 9.46 Å². The fourth-order valence-electron chi connectivity index (χ4n) is 2.40. The average Bonchev–Trinajstić information content (AvgIpc) is 2.62. The van der Waals surface area contributed by atoms with Gasteiger partial charge in [-0.3, -0.25) is 0 Å². The van der Waals surface area contributed by atoms with Gasteiger partial charge in [0.15, 0.2) is 0 Å². The second-order valence-electron chi connectivity index (χ2n) is 5.40. The van der Waals surface area contributed by atoms with Gasteiger partial charge >= 0.3 is 0 Å². The van der Waals surface area contributed by atoms with E-state index in [9.17, 15) is 8.42 Å². The Balaban J connectivity index is 1.62. The molecule has 1 saturated heterocycles. The van der Waals surface area contributed by atoms with Gasteiger partial charge in [0, 0.05) is 19.6 Å². The van der Waals surface area contributed by atoms with Crippen LogP contribution in [0, 0.1) is 0 Å². The zero-order chi connectivity index (χ0) is 16.8. The summed E-state index contributed by atoms with van der Waals surface area (Å²) in [6.07, 6.45) is 0. The Labute approximate surface area is 142 Å². The van der Waals surface area contributed by atoms with E-state index < -0.39 is 10.2 Å². The van der Waals surface area contributed by atoms with Crippen molar-refractivity contribution in [2.45, 2.75) is 6.54 Å². The minimum absolute atomic E-state index is 0.214. The van der Waals surface area contributed by atoms with Crippen molar-refractivity contribution in [1.82, 2.24) is 9.03 Å². The molecule has 1 N–H and O–H groups in total. The van der Waals surface area contributed by atoms with E-state index in [0.717, 1.165) is 11.3 Å². The highest BCUT2D eigenvalue weighted by molar-refractivity contribution is 7.87. The molecule has 2 aromatic rings. The van der Waals surface area contributed by atoms with Gasteiger partial charge in [0.1, 0.15) is 11.5 Å². The molecule has 0 saturated carbocycles. The number of nitrogens with zero attached hydrogens (tertiary/aromatic N) is 1. The number of hydrogen-bond acceptors (Lipinski definition) is 4. The van der Waals surface area contributed by atoms with E-state index in [-0.39, 0.29) is 6.54 Å². The molecule has 0 aromatic heterocycles. The van der Waals surface area contributed by atoms with Gasteiger partial charge in [-0.1, -0.05) is 30.3 Å². The van der Waals surface area contributed by atoms with Crippen molar-refractivity contribution in [3.8, 4) is 11.5 Å². The summed E-state index contributed by atoms with van der Waals surface area (Å²) in [4.78, 5) is 0. The first-order valence-electron chi connectivity index (χ1n) is 7.78. The molecule has 0 radical (unpaired) electrons. The molecule has 128 valence electrons. The average molecular weight is 348 g/mol. The first kappa shape index (κ1) is 16.9. The number of ether oxygens (including phenoxy) is 2. The number of hydrogen-bond donors (Lipinski definition) is 1. The molecule has 1 aliphatic rings. The SMILES string of the molecule is O=S(=O)(NCc1cccc(Oc2ccccc2)c1)N1CCOCC1. The van der Waals surface area contributed by atoms with E-state index in [4.69, 9.17) is 9.47 Å². The highest BCUT2D eigenvalue weighted by Crippen LogP contribution is 2.21. The van der Waals surface area contributed by atoms with Crippen molar-refractivity contribution >= 4 is 10.2 Å². The zero-order valence-corrected chi connectivity index (χ0v) is 14.0. The van der Waals surface area contributed by atoms with Gasteiger partial charge in [0.25, 0.3) is 10.2 Å². The van der Waals surface area contributed by atoms with Crippen LogP contribution in [0.1, 0.15) is 5.56 Å². The Kier molecular flexibility index (Phi) is 5.47. The number of rotatable bonds is 6. The minimum Gasteiger partial charge on any atom is -0.457 e. The molecule has 0 spiro atoms. The normalized spacial score (nSPS) is 16.0. The molecule has 0 amide bonds. The second-order valence-corrected chi connectivity index (χ2v) is 7.16. The van der Waals surface area contributed by atoms with Crippen LogP contribution in [0.4, 0.5) is 0 Å². The summed E-state index contributed by atoms with van der Waals surface area (Å²) in [5.74, 6) is 1.41. The molecule has 24 heavy (non-hydrogen) atoms. The van der Waals surface area contributed by atoms with Crippen LogP contribution in [0.3, 0.4) is 0 Å². The lowest BCUT2D eigenvalue weighted by molar-refractivity contribution is 0.0725. The quantitative estimate of drug-likeness (QED) is 0.868. The first-order valence-corrected chi connectivity index (χ1v) is 9.22. The third-order valence-corrected chi connectivity index (χ3v) is 5.20. The Morgan fingerprint density at radius 2 is 1.71 bits per heavy atom. The van der Waals surface area contributed by atoms with Crippen LogP contribution >= 0.6 is 0 Å². The second kappa shape index (κ2) is 7.76. The first-order chi connectivity index (χ1) is 11.6. The number of morpholine rings is 1. The van der Waals surface area contributed by atoms with Crippen LogP contribution in [-0.2, 0) is 21.5 Å². The van der Waals surface area contributed by atoms with Crippen molar-refractivity contribution in [3.05, 3.63) is 60.2 Å².